The smallest absolute Gasteiger partial charge is 0.102 e. The van der Waals surface area contributed by atoms with Crippen LogP contribution in [0.5, 0.6) is 0 Å². The topological polar surface area (TPSA) is 67.6 Å². The van der Waals surface area contributed by atoms with E-state index < -0.39 is 0 Å². The fourth-order valence-electron chi connectivity index (χ4n) is 2.45. The molecule has 2 aromatic heterocycles. The summed E-state index contributed by atoms with van der Waals surface area (Å²) in [6.07, 6.45) is 1.85. The van der Waals surface area contributed by atoms with E-state index in [0.29, 0.717) is 0 Å². The van der Waals surface area contributed by atoms with Crippen molar-refractivity contribution in [3.8, 4) is 11.3 Å². The van der Waals surface area contributed by atoms with Gasteiger partial charge in [0.1, 0.15) is 5.69 Å². The van der Waals surface area contributed by atoms with E-state index in [1.165, 1.54) is 0 Å². The van der Waals surface area contributed by atoms with Gasteiger partial charge >= 0.3 is 0 Å². The number of fused-ring (bicyclic) bond motifs is 2. The van der Waals surface area contributed by atoms with Gasteiger partial charge in [0.15, 0.2) is 0 Å². The van der Waals surface area contributed by atoms with E-state index in [9.17, 15) is 0 Å². The molecule has 0 aliphatic heterocycles. The number of rotatable bonds is 1. The quantitative estimate of drug-likeness (QED) is 0.516. The summed E-state index contributed by atoms with van der Waals surface area (Å²) >= 11 is 0. The highest BCUT2D eigenvalue weighted by molar-refractivity contribution is 5.96. The van der Waals surface area contributed by atoms with Crippen LogP contribution in [0.25, 0.3) is 33.1 Å². The van der Waals surface area contributed by atoms with Crippen molar-refractivity contribution < 1.29 is 0 Å². The molecule has 4 heteroatoms. The molecule has 0 saturated heterocycles. The Balaban J connectivity index is 1.98. The van der Waals surface area contributed by atoms with Crippen LogP contribution in [0, 0.1) is 0 Å². The second-order valence-electron chi connectivity index (χ2n) is 4.79. The van der Waals surface area contributed by atoms with Gasteiger partial charge in [0.2, 0.25) is 0 Å². The predicted molar refractivity (Wildman–Crippen MR) is 81.2 cm³/mol. The minimum atomic E-state index is 0.730. The maximum atomic E-state index is 5.86. The molecule has 96 valence electrons. The zero-order valence-corrected chi connectivity index (χ0v) is 10.7. The van der Waals surface area contributed by atoms with Crippen LogP contribution in [0.3, 0.4) is 0 Å². The largest absolute Gasteiger partial charge is 0.399 e. The van der Waals surface area contributed by atoms with Gasteiger partial charge in [0, 0.05) is 28.2 Å². The Hall–Kier alpha value is -2.88. The lowest BCUT2D eigenvalue weighted by Crippen LogP contribution is -1.85. The van der Waals surface area contributed by atoms with Gasteiger partial charge in [-0.2, -0.15) is 5.10 Å². The van der Waals surface area contributed by atoms with Crippen LogP contribution in [-0.4, -0.2) is 15.2 Å². The van der Waals surface area contributed by atoms with Gasteiger partial charge in [-0.05, 0) is 30.3 Å². The molecule has 4 rings (SSSR count). The number of pyridine rings is 1. The predicted octanol–water partition coefficient (Wildman–Crippen LogP) is 3.36. The fraction of sp³-hybridized carbons (Fsp3) is 0. The van der Waals surface area contributed by atoms with Crippen molar-refractivity contribution in [1.82, 2.24) is 15.2 Å². The van der Waals surface area contributed by atoms with Crippen LogP contribution >= 0.6 is 0 Å². The van der Waals surface area contributed by atoms with Crippen LogP contribution in [0.4, 0.5) is 5.69 Å². The molecule has 0 fully saturated rings. The molecular formula is C16H12N4. The number of nitrogens with two attached hydrogens (primary N) is 1. The van der Waals surface area contributed by atoms with Crippen LogP contribution < -0.4 is 5.73 Å². The highest BCUT2D eigenvalue weighted by atomic mass is 15.1. The van der Waals surface area contributed by atoms with Crippen molar-refractivity contribution in [3.63, 3.8) is 0 Å². The second kappa shape index (κ2) is 4.06. The molecule has 0 atom stereocenters. The summed E-state index contributed by atoms with van der Waals surface area (Å²) < 4.78 is 0. The summed E-state index contributed by atoms with van der Waals surface area (Å²) in [6.45, 7) is 0. The van der Waals surface area contributed by atoms with Gasteiger partial charge < -0.3 is 5.73 Å². The summed E-state index contributed by atoms with van der Waals surface area (Å²) in [5.74, 6) is 0. The van der Waals surface area contributed by atoms with Crippen molar-refractivity contribution in [1.29, 1.82) is 0 Å². The van der Waals surface area contributed by atoms with Crippen LogP contribution in [0.1, 0.15) is 0 Å². The van der Waals surface area contributed by atoms with Crippen LogP contribution in [-0.2, 0) is 0 Å². The van der Waals surface area contributed by atoms with E-state index in [0.717, 1.165) is 38.8 Å². The number of benzene rings is 2. The molecule has 0 aliphatic carbocycles. The first-order valence-corrected chi connectivity index (χ1v) is 6.40. The first-order valence-electron chi connectivity index (χ1n) is 6.40. The molecule has 0 radical (unpaired) electrons. The van der Waals surface area contributed by atoms with E-state index in [4.69, 9.17) is 5.73 Å². The zero-order valence-electron chi connectivity index (χ0n) is 10.7. The van der Waals surface area contributed by atoms with Crippen molar-refractivity contribution in [2.24, 2.45) is 0 Å². The third kappa shape index (κ3) is 1.62. The van der Waals surface area contributed by atoms with Crippen LogP contribution in [0.2, 0.25) is 0 Å². The number of aromatic nitrogens is 3. The Morgan fingerprint density at radius 1 is 1.00 bits per heavy atom. The molecule has 0 amide bonds. The summed E-state index contributed by atoms with van der Waals surface area (Å²) in [5.41, 5.74) is 10.4. The Morgan fingerprint density at radius 3 is 2.85 bits per heavy atom. The van der Waals surface area contributed by atoms with Gasteiger partial charge in [-0.15, -0.1) is 0 Å². The van der Waals surface area contributed by atoms with Crippen molar-refractivity contribution in [3.05, 3.63) is 54.7 Å². The third-order valence-corrected chi connectivity index (χ3v) is 3.45. The molecule has 2 heterocycles. The first kappa shape index (κ1) is 11.0. The van der Waals surface area contributed by atoms with Gasteiger partial charge in [-0.1, -0.05) is 18.2 Å². The highest BCUT2D eigenvalue weighted by Crippen LogP contribution is 2.28. The number of aromatic amines is 1. The molecule has 4 aromatic rings. The summed E-state index contributed by atoms with van der Waals surface area (Å²) in [5, 5.41) is 9.54. The van der Waals surface area contributed by atoms with E-state index in [-0.39, 0.29) is 0 Å². The van der Waals surface area contributed by atoms with E-state index in [1.807, 2.05) is 42.6 Å². The molecule has 2 aromatic carbocycles. The maximum absolute atomic E-state index is 5.86. The maximum Gasteiger partial charge on any atom is 0.102 e. The molecule has 20 heavy (non-hydrogen) atoms. The Labute approximate surface area is 115 Å². The second-order valence-corrected chi connectivity index (χ2v) is 4.79. The average molecular weight is 260 g/mol. The number of para-hydroxylation sites is 1. The monoisotopic (exact) mass is 260 g/mol. The van der Waals surface area contributed by atoms with Gasteiger partial charge in [0.25, 0.3) is 0 Å². The molecule has 4 nitrogen and oxygen atoms in total. The number of anilines is 1. The van der Waals surface area contributed by atoms with E-state index >= 15 is 0 Å². The summed E-state index contributed by atoms with van der Waals surface area (Å²) in [7, 11) is 0. The highest BCUT2D eigenvalue weighted by Gasteiger charge is 2.09. The summed E-state index contributed by atoms with van der Waals surface area (Å²) in [4.78, 5) is 4.48. The number of nitrogen functional groups attached to an aromatic ring is 1. The third-order valence-electron chi connectivity index (χ3n) is 3.45. The lowest BCUT2D eigenvalue weighted by molar-refractivity contribution is 1.12. The van der Waals surface area contributed by atoms with Gasteiger partial charge in [0.05, 0.1) is 11.0 Å². The first-order chi connectivity index (χ1) is 9.81. The number of hydrogen-bond donors (Lipinski definition) is 2. The van der Waals surface area contributed by atoms with Gasteiger partial charge in [-0.25, -0.2) is 0 Å². The SMILES string of the molecule is Nc1ccc2[nH]nc(-c3cnc4ccccc4c3)c2c1. The molecule has 0 bridgehead atoms. The van der Waals surface area contributed by atoms with Crippen molar-refractivity contribution >= 4 is 27.5 Å². The standard InChI is InChI=1S/C16H12N4/c17-12-5-6-15-13(8-12)16(20-19-15)11-7-10-3-1-2-4-14(10)18-9-11/h1-9H,17H2,(H,19,20). The van der Waals surface area contributed by atoms with E-state index in [1.54, 1.807) is 0 Å². The molecule has 0 spiro atoms. The lowest BCUT2D eigenvalue weighted by atomic mass is 10.1. The van der Waals surface area contributed by atoms with E-state index in [2.05, 4.69) is 27.3 Å². The minimum absolute atomic E-state index is 0.730. The van der Waals surface area contributed by atoms with Crippen LogP contribution in [0.15, 0.2) is 54.7 Å². The fourth-order valence-corrected chi connectivity index (χ4v) is 2.45. The molecule has 0 aliphatic rings. The van der Waals surface area contributed by atoms with Crippen molar-refractivity contribution in [2.45, 2.75) is 0 Å². The molecule has 3 N–H and O–H groups in total. The number of nitrogens with one attached hydrogen (secondary N) is 1. The summed E-state index contributed by atoms with van der Waals surface area (Å²) in [6, 6.07) is 15.9. The van der Waals surface area contributed by atoms with Crippen molar-refractivity contribution in [2.75, 3.05) is 5.73 Å². The molecular weight excluding hydrogens is 248 g/mol. The number of hydrogen-bond acceptors (Lipinski definition) is 3. The normalized spacial score (nSPS) is 11.2. The number of nitrogens with zero attached hydrogens (tertiary/aromatic N) is 2. The zero-order chi connectivity index (χ0) is 13.5. The molecule has 0 saturated carbocycles. The minimum Gasteiger partial charge on any atom is -0.399 e. The Kier molecular flexibility index (Phi) is 2.23. The lowest BCUT2D eigenvalue weighted by Gasteiger charge is -2.01. The Morgan fingerprint density at radius 2 is 1.90 bits per heavy atom. The molecule has 0 unspecified atom stereocenters. The van der Waals surface area contributed by atoms with Gasteiger partial charge in [-0.3, -0.25) is 10.1 Å². The number of H-pyrrole nitrogens is 1. The Bertz CT molecular complexity index is 924. The average Bonchev–Trinajstić information content (AvgIpc) is 2.89.